The number of carbonyl (C=O) groups is 1. The van der Waals surface area contributed by atoms with Gasteiger partial charge >= 0.3 is 0 Å². The highest BCUT2D eigenvalue weighted by atomic mass is 35.5. The molecule has 126 valence electrons. The normalized spacial score (nSPS) is 11.5. The maximum Gasteiger partial charge on any atom is 0.269 e. The third-order valence-corrected chi connectivity index (χ3v) is 3.76. The van der Waals surface area contributed by atoms with Crippen LogP contribution in [0.25, 0.3) is 16.7 Å². The van der Waals surface area contributed by atoms with Crippen molar-refractivity contribution in [1.29, 1.82) is 0 Å². The SMILES string of the molecule is Cc1cc([N+](=O)[O-])ccc1NC=C(C=O)c1nc2cc(Cl)ccc2o1. The van der Waals surface area contributed by atoms with Crippen LogP contribution in [0.2, 0.25) is 5.02 Å². The fraction of sp³-hybridized carbons (Fsp3) is 0.0588. The Morgan fingerprint density at radius 2 is 2.12 bits per heavy atom. The van der Waals surface area contributed by atoms with E-state index in [1.165, 1.54) is 18.3 Å². The summed E-state index contributed by atoms with van der Waals surface area (Å²) >= 11 is 5.91. The first-order valence-corrected chi connectivity index (χ1v) is 7.59. The molecule has 1 heterocycles. The molecule has 0 aliphatic rings. The van der Waals surface area contributed by atoms with Gasteiger partial charge in [0.25, 0.3) is 5.69 Å². The van der Waals surface area contributed by atoms with Crippen molar-refractivity contribution in [2.45, 2.75) is 6.92 Å². The molecule has 0 amide bonds. The molecule has 0 bridgehead atoms. The number of nitrogens with one attached hydrogen (secondary N) is 1. The van der Waals surface area contributed by atoms with Gasteiger partial charge in [-0.3, -0.25) is 14.9 Å². The lowest BCUT2D eigenvalue weighted by molar-refractivity contribution is -0.384. The number of carbonyl (C=O) groups excluding carboxylic acids is 1. The molecule has 0 saturated carbocycles. The molecule has 2 aromatic carbocycles. The van der Waals surface area contributed by atoms with Crippen LogP contribution < -0.4 is 5.32 Å². The predicted octanol–water partition coefficient (Wildman–Crippen LogP) is 4.35. The molecule has 0 saturated heterocycles. The number of aryl methyl sites for hydroxylation is 1. The van der Waals surface area contributed by atoms with Crippen molar-refractivity contribution in [2.24, 2.45) is 0 Å². The zero-order valence-electron chi connectivity index (χ0n) is 13.0. The number of anilines is 1. The highest BCUT2D eigenvalue weighted by molar-refractivity contribution is 6.31. The maximum atomic E-state index is 11.4. The van der Waals surface area contributed by atoms with Crippen molar-refractivity contribution < 1.29 is 14.1 Å². The minimum absolute atomic E-state index is 0.00142. The number of non-ortho nitro benzene ring substituents is 1. The molecule has 0 radical (unpaired) electrons. The monoisotopic (exact) mass is 357 g/mol. The fourth-order valence-electron chi connectivity index (χ4n) is 2.25. The number of nitrogens with zero attached hydrogens (tertiary/aromatic N) is 2. The van der Waals surface area contributed by atoms with E-state index in [0.717, 1.165) is 0 Å². The van der Waals surface area contributed by atoms with Crippen LogP contribution in [0, 0.1) is 17.0 Å². The Labute approximate surface area is 147 Å². The van der Waals surface area contributed by atoms with Gasteiger partial charge < -0.3 is 9.73 Å². The lowest BCUT2D eigenvalue weighted by Crippen LogP contribution is -1.96. The van der Waals surface area contributed by atoms with Crippen LogP contribution in [-0.2, 0) is 4.79 Å². The second-order valence-corrected chi connectivity index (χ2v) is 5.69. The average Bonchev–Trinajstić information content (AvgIpc) is 2.99. The number of nitro groups is 1. The summed E-state index contributed by atoms with van der Waals surface area (Å²) in [6, 6.07) is 9.37. The third kappa shape index (κ3) is 3.51. The largest absolute Gasteiger partial charge is 0.436 e. The summed E-state index contributed by atoms with van der Waals surface area (Å²) in [4.78, 5) is 25.9. The molecule has 7 nitrogen and oxygen atoms in total. The van der Waals surface area contributed by atoms with E-state index in [1.807, 2.05) is 0 Å². The van der Waals surface area contributed by atoms with Gasteiger partial charge in [-0.15, -0.1) is 0 Å². The predicted molar refractivity (Wildman–Crippen MR) is 94.5 cm³/mol. The highest BCUT2D eigenvalue weighted by Gasteiger charge is 2.12. The lowest BCUT2D eigenvalue weighted by atomic mass is 10.2. The molecule has 3 aromatic rings. The van der Waals surface area contributed by atoms with Gasteiger partial charge in [-0.1, -0.05) is 11.6 Å². The number of allylic oxidation sites excluding steroid dienone is 1. The molecular weight excluding hydrogens is 346 g/mol. The molecule has 0 aliphatic heterocycles. The number of nitro benzene ring substituents is 1. The summed E-state index contributed by atoms with van der Waals surface area (Å²) < 4.78 is 5.55. The van der Waals surface area contributed by atoms with Gasteiger partial charge in [-0.25, -0.2) is 4.98 Å². The Kier molecular flexibility index (Phi) is 4.49. The Hall–Kier alpha value is -3.19. The maximum absolute atomic E-state index is 11.4. The van der Waals surface area contributed by atoms with Crippen LogP contribution >= 0.6 is 11.6 Å². The van der Waals surface area contributed by atoms with E-state index in [-0.39, 0.29) is 17.2 Å². The van der Waals surface area contributed by atoms with E-state index >= 15 is 0 Å². The number of hydrogen-bond acceptors (Lipinski definition) is 6. The molecule has 8 heteroatoms. The number of aromatic nitrogens is 1. The number of benzene rings is 2. The van der Waals surface area contributed by atoms with Crippen LogP contribution in [0.1, 0.15) is 11.5 Å². The number of hydrogen-bond donors (Lipinski definition) is 1. The number of oxazole rings is 1. The zero-order chi connectivity index (χ0) is 18.0. The van der Waals surface area contributed by atoms with E-state index in [0.29, 0.717) is 33.7 Å². The molecule has 25 heavy (non-hydrogen) atoms. The van der Waals surface area contributed by atoms with Gasteiger partial charge in [0.05, 0.1) is 10.5 Å². The van der Waals surface area contributed by atoms with Crippen LogP contribution in [0.3, 0.4) is 0 Å². The first-order chi connectivity index (χ1) is 12.0. The van der Waals surface area contributed by atoms with Crippen LogP contribution in [-0.4, -0.2) is 16.2 Å². The number of fused-ring (bicyclic) bond motifs is 1. The van der Waals surface area contributed by atoms with Crippen molar-refractivity contribution in [3.63, 3.8) is 0 Å². The zero-order valence-corrected chi connectivity index (χ0v) is 13.8. The molecular formula is C17H12ClN3O4. The molecule has 3 rings (SSSR count). The summed E-state index contributed by atoms with van der Waals surface area (Å²) in [5, 5.41) is 14.2. The molecule has 0 spiro atoms. The van der Waals surface area contributed by atoms with E-state index in [1.54, 1.807) is 31.2 Å². The number of rotatable bonds is 5. The number of aldehydes is 1. The van der Waals surface area contributed by atoms with Crippen molar-refractivity contribution in [3.05, 3.63) is 69.2 Å². The van der Waals surface area contributed by atoms with Gasteiger partial charge in [0.1, 0.15) is 5.52 Å². The van der Waals surface area contributed by atoms with Gasteiger partial charge in [0.15, 0.2) is 11.9 Å². The van der Waals surface area contributed by atoms with Crippen LogP contribution in [0.4, 0.5) is 11.4 Å². The second-order valence-electron chi connectivity index (χ2n) is 5.25. The van der Waals surface area contributed by atoms with E-state index < -0.39 is 4.92 Å². The molecule has 0 aliphatic carbocycles. The Morgan fingerprint density at radius 1 is 1.32 bits per heavy atom. The molecule has 0 atom stereocenters. The van der Waals surface area contributed by atoms with E-state index in [4.69, 9.17) is 16.0 Å². The van der Waals surface area contributed by atoms with Gasteiger partial charge in [-0.2, -0.15) is 0 Å². The van der Waals surface area contributed by atoms with Crippen LogP contribution in [0.15, 0.2) is 47.0 Å². The minimum Gasteiger partial charge on any atom is -0.436 e. The molecule has 1 N–H and O–H groups in total. The summed E-state index contributed by atoms with van der Waals surface area (Å²) in [5.74, 6) is 0.152. The summed E-state index contributed by atoms with van der Waals surface area (Å²) in [6.07, 6.45) is 2.05. The molecule has 1 aromatic heterocycles. The molecule has 0 fully saturated rings. The summed E-state index contributed by atoms with van der Waals surface area (Å²) in [5.41, 5.74) is 2.55. The number of halogens is 1. The first kappa shape index (κ1) is 16.7. The quantitative estimate of drug-likeness (QED) is 0.315. The van der Waals surface area contributed by atoms with Crippen molar-refractivity contribution >= 4 is 45.9 Å². The Morgan fingerprint density at radius 3 is 2.80 bits per heavy atom. The lowest BCUT2D eigenvalue weighted by Gasteiger charge is -2.05. The molecule has 0 unspecified atom stereocenters. The van der Waals surface area contributed by atoms with E-state index in [9.17, 15) is 14.9 Å². The van der Waals surface area contributed by atoms with Gasteiger partial charge in [0.2, 0.25) is 5.89 Å². The Balaban J connectivity index is 1.89. The standard InChI is InChI=1S/C17H12ClN3O4/c1-10-6-13(21(23)24)3-4-14(10)19-8-11(9-22)17-20-15-7-12(18)2-5-16(15)25-17/h2-9,19H,1H3. The van der Waals surface area contributed by atoms with Crippen molar-refractivity contribution in [1.82, 2.24) is 4.98 Å². The third-order valence-electron chi connectivity index (χ3n) is 3.53. The average molecular weight is 358 g/mol. The second kappa shape index (κ2) is 6.74. The Bertz CT molecular complexity index is 1010. The van der Waals surface area contributed by atoms with Crippen molar-refractivity contribution in [3.8, 4) is 0 Å². The van der Waals surface area contributed by atoms with Gasteiger partial charge in [-0.05, 0) is 36.8 Å². The topological polar surface area (TPSA) is 98.3 Å². The first-order valence-electron chi connectivity index (χ1n) is 7.21. The van der Waals surface area contributed by atoms with Crippen LogP contribution in [0.5, 0.6) is 0 Å². The fourth-order valence-corrected chi connectivity index (χ4v) is 2.42. The van der Waals surface area contributed by atoms with Crippen molar-refractivity contribution in [2.75, 3.05) is 5.32 Å². The van der Waals surface area contributed by atoms with E-state index in [2.05, 4.69) is 10.3 Å². The smallest absolute Gasteiger partial charge is 0.269 e. The van der Waals surface area contributed by atoms with Gasteiger partial charge in [0, 0.05) is 29.0 Å². The summed E-state index contributed by atoms with van der Waals surface area (Å²) in [6.45, 7) is 1.73. The highest BCUT2D eigenvalue weighted by Crippen LogP contribution is 2.24. The minimum atomic E-state index is -0.465. The summed E-state index contributed by atoms with van der Waals surface area (Å²) in [7, 11) is 0.